The first-order valence-electron chi connectivity index (χ1n) is 8.99. The molecule has 7 nitrogen and oxygen atoms in total. The maximum atomic E-state index is 12.6. The van der Waals surface area contributed by atoms with E-state index in [0.717, 1.165) is 5.56 Å². The lowest BCUT2D eigenvalue weighted by Crippen LogP contribution is -2.24. The van der Waals surface area contributed by atoms with E-state index in [0.29, 0.717) is 28.1 Å². The Bertz CT molecular complexity index is 1040. The standard InChI is InChI=1S/C22H20N2O5S/c1-28-17-9-7-15(8-10-17)20(25)24-19-13-30-12-18(19)21(26)23-11-14-3-5-16(6-4-14)22(27)29-2/h3-10,12-13H,11H2,1-2H3,(H,23,26)(H,24,25). The molecule has 0 aliphatic rings. The van der Waals surface area contributed by atoms with Crippen LogP contribution in [0.2, 0.25) is 0 Å². The molecule has 0 atom stereocenters. The van der Waals surface area contributed by atoms with Crippen LogP contribution in [0.4, 0.5) is 5.69 Å². The van der Waals surface area contributed by atoms with Gasteiger partial charge in [-0.05, 0) is 42.0 Å². The minimum atomic E-state index is -0.416. The molecule has 3 rings (SSSR count). The number of anilines is 1. The van der Waals surface area contributed by atoms with Crippen LogP contribution in [0.25, 0.3) is 0 Å². The number of hydrogen-bond acceptors (Lipinski definition) is 6. The monoisotopic (exact) mass is 424 g/mol. The first kappa shape index (κ1) is 21.1. The SMILES string of the molecule is COC(=O)c1ccc(CNC(=O)c2cscc2NC(=O)c2ccc(OC)cc2)cc1. The summed E-state index contributed by atoms with van der Waals surface area (Å²) in [7, 11) is 2.88. The number of benzene rings is 2. The van der Waals surface area contributed by atoms with Gasteiger partial charge in [-0.3, -0.25) is 9.59 Å². The number of amides is 2. The zero-order chi connectivity index (χ0) is 21.5. The minimum absolute atomic E-state index is 0.280. The van der Waals surface area contributed by atoms with E-state index in [1.165, 1.54) is 18.4 Å². The molecule has 8 heteroatoms. The zero-order valence-electron chi connectivity index (χ0n) is 16.4. The van der Waals surface area contributed by atoms with Gasteiger partial charge in [0.2, 0.25) is 0 Å². The fourth-order valence-electron chi connectivity index (χ4n) is 2.66. The van der Waals surface area contributed by atoms with Gasteiger partial charge in [-0.2, -0.15) is 0 Å². The van der Waals surface area contributed by atoms with Crippen LogP contribution < -0.4 is 15.4 Å². The van der Waals surface area contributed by atoms with E-state index in [9.17, 15) is 14.4 Å². The van der Waals surface area contributed by atoms with Crippen molar-refractivity contribution in [2.75, 3.05) is 19.5 Å². The Hall–Kier alpha value is -3.65. The number of carbonyl (C=O) groups excluding carboxylic acids is 3. The summed E-state index contributed by atoms with van der Waals surface area (Å²) < 4.78 is 9.75. The van der Waals surface area contributed by atoms with Gasteiger partial charge in [0.25, 0.3) is 11.8 Å². The van der Waals surface area contributed by atoms with Crippen molar-refractivity contribution in [2.24, 2.45) is 0 Å². The molecule has 0 bridgehead atoms. The number of rotatable bonds is 7. The second-order valence-corrected chi connectivity index (χ2v) is 7.00. The number of thiophene rings is 1. The normalized spacial score (nSPS) is 10.2. The lowest BCUT2D eigenvalue weighted by molar-refractivity contribution is 0.0600. The Morgan fingerprint density at radius 1 is 0.867 bits per heavy atom. The Balaban J connectivity index is 1.61. The van der Waals surface area contributed by atoms with Crippen LogP contribution in [0.1, 0.15) is 36.6 Å². The second kappa shape index (κ2) is 9.71. The average Bonchev–Trinajstić information content (AvgIpc) is 3.25. The second-order valence-electron chi connectivity index (χ2n) is 6.25. The topological polar surface area (TPSA) is 93.7 Å². The maximum absolute atomic E-state index is 12.6. The molecule has 0 aliphatic carbocycles. The lowest BCUT2D eigenvalue weighted by atomic mass is 10.1. The molecule has 1 heterocycles. The molecule has 0 unspecified atom stereocenters. The van der Waals surface area contributed by atoms with Crippen LogP contribution >= 0.6 is 11.3 Å². The van der Waals surface area contributed by atoms with Crippen molar-refractivity contribution >= 4 is 34.8 Å². The predicted octanol–water partition coefficient (Wildman–Crippen LogP) is 3.73. The van der Waals surface area contributed by atoms with Gasteiger partial charge in [0.15, 0.2) is 0 Å². The number of carbonyl (C=O) groups is 3. The van der Waals surface area contributed by atoms with E-state index in [1.54, 1.807) is 66.4 Å². The van der Waals surface area contributed by atoms with Crippen LogP contribution in [-0.4, -0.2) is 32.0 Å². The summed E-state index contributed by atoms with van der Waals surface area (Å²) in [5.74, 6) is -0.385. The largest absolute Gasteiger partial charge is 0.497 e. The molecule has 0 spiro atoms. The Morgan fingerprint density at radius 2 is 1.53 bits per heavy atom. The highest BCUT2D eigenvalue weighted by molar-refractivity contribution is 7.08. The van der Waals surface area contributed by atoms with E-state index in [4.69, 9.17) is 4.74 Å². The third kappa shape index (κ3) is 5.03. The lowest BCUT2D eigenvalue weighted by Gasteiger charge is -2.09. The summed E-state index contributed by atoms with van der Waals surface area (Å²) in [6, 6.07) is 13.5. The Labute approximate surface area is 177 Å². The Kier molecular flexibility index (Phi) is 6.82. The van der Waals surface area contributed by atoms with Crippen molar-refractivity contribution in [1.82, 2.24) is 5.32 Å². The summed E-state index contributed by atoms with van der Waals surface area (Å²) in [6.45, 7) is 0.280. The summed E-state index contributed by atoms with van der Waals surface area (Å²) in [4.78, 5) is 36.5. The molecule has 0 saturated carbocycles. The molecule has 1 aromatic heterocycles. The van der Waals surface area contributed by atoms with Crippen LogP contribution in [0.15, 0.2) is 59.3 Å². The number of methoxy groups -OCH3 is 2. The zero-order valence-corrected chi connectivity index (χ0v) is 17.2. The van der Waals surface area contributed by atoms with Gasteiger partial charge in [-0.1, -0.05) is 12.1 Å². The molecule has 2 amide bonds. The predicted molar refractivity (Wildman–Crippen MR) is 114 cm³/mol. The average molecular weight is 424 g/mol. The van der Waals surface area contributed by atoms with Crippen molar-refractivity contribution in [3.63, 3.8) is 0 Å². The minimum Gasteiger partial charge on any atom is -0.497 e. The fourth-order valence-corrected chi connectivity index (χ4v) is 3.42. The molecule has 30 heavy (non-hydrogen) atoms. The first-order valence-corrected chi connectivity index (χ1v) is 9.93. The van der Waals surface area contributed by atoms with E-state index in [-0.39, 0.29) is 18.4 Å². The number of ether oxygens (including phenoxy) is 2. The Morgan fingerprint density at radius 3 is 2.17 bits per heavy atom. The van der Waals surface area contributed by atoms with Crippen LogP contribution in [0, 0.1) is 0 Å². The highest BCUT2D eigenvalue weighted by atomic mass is 32.1. The number of nitrogens with one attached hydrogen (secondary N) is 2. The van der Waals surface area contributed by atoms with Crippen LogP contribution in [0.5, 0.6) is 5.75 Å². The van der Waals surface area contributed by atoms with Crippen molar-refractivity contribution in [2.45, 2.75) is 6.54 Å². The molecule has 154 valence electrons. The van der Waals surface area contributed by atoms with Crippen molar-refractivity contribution < 1.29 is 23.9 Å². The highest BCUT2D eigenvalue weighted by Gasteiger charge is 2.16. The van der Waals surface area contributed by atoms with Crippen LogP contribution in [-0.2, 0) is 11.3 Å². The van der Waals surface area contributed by atoms with Gasteiger partial charge in [-0.25, -0.2) is 4.79 Å². The molecule has 0 saturated heterocycles. The molecule has 2 aromatic carbocycles. The van der Waals surface area contributed by atoms with Gasteiger partial charge in [-0.15, -0.1) is 11.3 Å². The van der Waals surface area contributed by atoms with E-state index >= 15 is 0 Å². The number of esters is 1. The third-order valence-electron chi connectivity index (χ3n) is 4.34. The fraction of sp³-hybridized carbons (Fsp3) is 0.136. The van der Waals surface area contributed by atoms with Crippen LogP contribution in [0.3, 0.4) is 0 Å². The highest BCUT2D eigenvalue weighted by Crippen LogP contribution is 2.22. The molecule has 0 aliphatic heterocycles. The van der Waals surface area contributed by atoms with Gasteiger partial charge in [0.1, 0.15) is 5.75 Å². The smallest absolute Gasteiger partial charge is 0.337 e. The molecular formula is C22H20N2O5S. The van der Waals surface area contributed by atoms with Gasteiger partial charge < -0.3 is 20.1 Å². The van der Waals surface area contributed by atoms with E-state index in [1.807, 2.05) is 0 Å². The van der Waals surface area contributed by atoms with Gasteiger partial charge >= 0.3 is 5.97 Å². The summed E-state index contributed by atoms with van der Waals surface area (Å²) >= 11 is 1.32. The van der Waals surface area contributed by atoms with E-state index in [2.05, 4.69) is 15.4 Å². The molecule has 0 fully saturated rings. The van der Waals surface area contributed by atoms with E-state index < -0.39 is 5.97 Å². The third-order valence-corrected chi connectivity index (χ3v) is 5.08. The summed E-state index contributed by atoms with van der Waals surface area (Å²) in [5.41, 5.74) is 2.55. The molecule has 3 aromatic rings. The van der Waals surface area contributed by atoms with Gasteiger partial charge in [0, 0.05) is 22.9 Å². The maximum Gasteiger partial charge on any atom is 0.337 e. The number of hydrogen-bond donors (Lipinski definition) is 2. The van der Waals surface area contributed by atoms with Crippen molar-refractivity contribution in [3.8, 4) is 5.75 Å². The molecule has 2 N–H and O–H groups in total. The summed E-state index contributed by atoms with van der Waals surface area (Å²) in [5, 5.41) is 8.97. The van der Waals surface area contributed by atoms with Crippen molar-refractivity contribution in [3.05, 3.63) is 81.5 Å². The first-order chi connectivity index (χ1) is 14.5. The van der Waals surface area contributed by atoms with Crippen molar-refractivity contribution in [1.29, 1.82) is 0 Å². The summed E-state index contributed by atoms with van der Waals surface area (Å²) in [6.07, 6.45) is 0. The quantitative estimate of drug-likeness (QED) is 0.564. The molecular weight excluding hydrogens is 404 g/mol. The van der Waals surface area contributed by atoms with Gasteiger partial charge in [0.05, 0.1) is 31.0 Å². The molecule has 0 radical (unpaired) electrons.